The van der Waals surface area contributed by atoms with Crippen LogP contribution in [0.1, 0.15) is 18.4 Å². The normalized spacial score (nSPS) is 10.6. The van der Waals surface area contributed by atoms with Gasteiger partial charge in [-0.15, -0.1) is 0 Å². The molecule has 0 atom stereocenters. The van der Waals surface area contributed by atoms with Crippen LogP contribution in [0.25, 0.3) is 0 Å². The third-order valence-electron chi connectivity index (χ3n) is 3.40. The summed E-state index contributed by atoms with van der Waals surface area (Å²) in [6.45, 7) is 0. The first-order valence-corrected chi connectivity index (χ1v) is 9.29. The summed E-state index contributed by atoms with van der Waals surface area (Å²) in [7, 11) is 1.45. The first-order chi connectivity index (χ1) is 12.9. The molecule has 2 aromatic rings. The lowest BCUT2D eigenvalue weighted by molar-refractivity contribution is -0.124. The number of nitrogens with one attached hydrogen (secondary N) is 2. The minimum absolute atomic E-state index is 0.00247. The van der Waals surface area contributed by atoms with Crippen LogP contribution in [0.3, 0.4) is 0 Å². The summed E-state index contributed by atoms with van der Waals surface area (Å²) in [4.78, 5) is 23.7. The maximum absolute atomic E-state index is 11.9. The number of aromatic hydroxyl groups is 1. The van der Waals surface area contributed by atoms with Gasteiger partial charge in [0.1, 0.15) is 0 Å². The average Bonchev–Trinajstić information content (AvgIpc) is 2.64. The predicted octanol–water partition coefficient (Wildman–Crippen LogP) is 3.53. The Morgan fingerprint density at radius 2 is 1.96 bits per heavy atom. The van der Waals surface area contributed by atoms with Crippen LogP contribution in [-0.4, -0.2) is 30.2 Å². The highest BCUT2D eigenvalue weighted by molar-refractivity contribution is 14.1. The number of methoxy groups -OCH3 is 1. The molecule has 0 unspecified atom stereocenters. The molecule has 9 heteroatoms. The minimum atomic E-state index is -0.402. The van der Waals surface area contributed by atoms with Gasteiger partial charge < -0.3 is 15.2 Å². The highest BCUT2D eigenvalue weighted by Crippen LogP contribution is 2.31. The van der Waals surface area contributed by atoms with Gasteiger partial charge >= 0.3 is 0 Å². The largest absolute Gasteiger partial charge is 0.504 e. The van der Waals surface area contributed by atoms with Crippen molar-refractivity contribution in [2.75, 3.05) is 12.4 Å². The summed E-state index contributed by atoms with van der Waals surface area (Å²) in [5.74, 6) is -0.365. The van der Waals surface area contributed by atoms with E-state index in [9.17, 15) is 14.7 Å². The monoisotopic (exact) mass is 501 g/mol. The summed E-state index contributed by atoms with van der Waals surface area (Å²) in [6.07, 6.45) is 1.40. The molecule has 2 rings (SSSR count). The molecule has 3 N–H and O–H groups in total. The van der Waals surface area contributed by atoms with Crippen LogP contribution in [-0.2, 0) is 9.59 Å². The number of hydrazone groups is 1. The van der Waals surface area contributed by atoms with Crippen LogP contribution in [0, 0.1) is 3.57 Å². The molecular weight excluding hydrogens is 485 g/mol. The molecule has 7 nitrogen and oxygen atoms in total. The smallest absolute Gasteiger partial charge is 0.240 e. The number of carbonyl (C=O) groups excluding carboxylic acids is 2. The lowest BCUT2D eigenvalue weighted by Gasteiger charge is -2.07. The number of phenolic OH excluding ortho intramolecular Hbond substituents is 1. The highest BCUT2D eigenvalue weighted by atomic mass is 127. The Morgan fingerprint density at radius 3 is 2.67 bits per heavy atom. The van der Waals surface area contributed by atoms with Gasteiger partial charge in [-0.1, -0.05) is 23.7 Å². The number of rotatable bonds is 7. The van der Waals surface area contributed by atoms with E-state index in [1.54, 1.807) is 36.4 Å². The average molecular weight is 502 g/mol. The maximum atomic E-state index is 11.9. The van der Waals surface area contributed by atoms with Crippen molar-refractivity contribution in [3.05, 3.63) is 50.6 Å². The fourth-order valence-electron chi connectivity index (χ4n) is 2.06. The highest BCUT2D eigenvalue weighted by Gasteiger charge is 2.09. The molecule has 2 aromatic carbocycles. The number of para-hydroxylation sites is 1. The van der Waals surface area contributed by atoms with Crippen LogP contribution in [0.4, 0.5) is 5.69 Å². The number of ether oxygens (including phenoxy) is 1. The molecule has 142 valence electrons. The van der Waals surface area contributed by atoms with E-state index in [0.29, 0.717) is 25.6 Å². The third kappa shape index (κ3) is 6.40. The van der Waals surface area contributed by atoms with Crippen molar-refractivity contribution in [1.82, 2.24) is 5.43 Å². The first kappa shape index (κ1) is 21.0. The number of hydrogen-bond acceptors (Lipinski definition) is 5. The Labute approximate surface area is 174 Å². The quantitative estimate of drug-likeness (QED) is 0.307. The van der Waals surface area contributed by atoms with Gasteiger partial charge in [0.05, 0.1) is 27.6 Å². The Kier molecular flexibility index (Phi) is 7.86. The van der Waals surface area contributed by atoms with Crippen LogP contribution in [0.15, 0.2) is 41.5 Å². The van der Waals surface area contributed by atoms with Gasteiger partial charge in [0.2, 0.25) is 11.8 Å². The number of nitrogens with zero attached hydrogens (tertiary/aromatic N) is 1. The Morgan fingerprint density at radius 1 is 1.26 bits per heavy atom. The van der Waals surface area contributed by atoms with Gasteiger partial charge in [-0.05, 0) is 52.4 Å². The van der Waals surface area contributed by atoms with Gasteiger partial charge in [-0.2, -0.15) is 5.10 Å². The molecule has 0 aromatic heterocycles. The van der Waals surface area contributed by atoms with E-state index in [2.05, 4.69) is 15.8 Å². The van der Waals surface area contributed by atoms with Crippen molar-refractivity contribution < 1.29 is 19.4 Å². The summed E-state index contributed by atoms with van der Waals surface area (Å²) in [5.41, 5.74) is 3.49. The molecular formula is C18H17ClIN3O4. The van der Waals surface area contributed by atoms with Gasteiger partial charge in [-0.3, -0.25) is 9.59 Å². The maximum Gasteiger partial charge on any atom is 0.240 e. The second kappa shape index (κ2) is 10.1. The molecule has 0 heterocycles. The third-order valence-corrected chi connectivity index (χ3v) is 4.55. The first-order valence-electron chi connectivity index (χ1n) is 7.83. The van der Waals surface area contributed by atoms with Crippen molar-refractivity contribution in [3.63, 3.8) is 0 Å². The predicted molar refractivity (Wildman–Crippen MR) is 112 cm³/mol. The van der Waals surface area contributed by atoms with Crippen molar-refractivity contribution >= 4 is 57.9 Å². The lowest BCUT2D eigenvalue weighted by atomic mass is 10.2. The Bertz CT molecular complexity index is 874. The van der Waals surface area contributed by atoms with Crippen LogP contribution in [0.5, 0.6) is 11.5 Å². The molecule has 0 radical (unpaired) electrons. The Hall–Kier alpha value is -2.33. The van der Waals surface area contributed by atoms with E-state index >= 15 is 0 Å². The standard InChI is InChI=1S/C18H17ClIN3O4/c1-27-15-9-11(8-13(20)18(15)26)10-21-23-17(25)7-6-16(24)22-14-5-3-2-4-12(14)19/h2-5,8-10,26H,6-7H2,1H3,(H,22,24)(H,23,25). The molecule has 2 amide bonds. The minimum Gasteiger partial charge on any atom is -0.504 e. The molecule has 0 saturated heterocycles. The molecule has 27 heavy (non-hydrogen) atoms. The number of phenols is 1. The van der Waals surface area contributed by atoms with Gasteiger partial charge in [0.25, 0.3) is 0 Å². The second-order valence-corrected chi connectivity index (χ2v) is 6.94. The van der Waals surface area contributed by atoms with Gasteiger partial charge in [-0.25, -0.2) is 5.43 Å². The van der Waals surface area contributed by atoms with Crippen molar-refractivity contribution in [1.29, 1.82) is 0 Å². The molecule has 0 aliphatic heterocycles. The van der Waals surface area contributed by atoms with Crippen molar-refractivity contribution in [2.45, 2.75) is 12.8 Å². The molecule has 0 fully saturated rings. The SMILES string of the molecule is COc1cc(C=NNC(=O)CCC(=O)Nc2ccccc2Cl)cc(I)c1O. The fourth-order valence-corrected chi connectivity index (χ4v) is 2.87. The van der Waals surface area contributed by atoms with E-state index in [-0.39, 0.29) is 24.5 Å². The van der Waals surface area contributed by atoms with Gasteiger partial charge in [0.15, 0.2) is 11.5 Å². The van der Waals surface area contributed by atoms with E-state index in [1.165, 1.54) is 13.3 Å². The van der Waals surface area contributed by atoms with Crippen molar-refractivity contribution in [3.8, 4) is 11.5 Å². The lowest BCUT2D eigenvalue weighted by Crippen LogP contribution is -2.20. The molecule has 0 spiro atoms. The van der Waals surface area contributed by atoms with E-state index < -0.39 is 5.91 Å². The number of halogens is 2. The van der Waals surface area contributed by atoms with E-state index in [1.807, 2.05) is 22.6 Å². The molecule has 0 bridgehead atoms. The van der Waals surface area contributed by atoms with Crippen LogP contribution >= 0.6 is 34.2 Å². The zero-order valence-corrected chi connectivity index (χ0v) is 17.2. The van der Waals surface area contributed by atoms with Crippen LogP contribution in [0.2, 0.25) is 5.02 Å². The van der Waals surface area contributed by atoms with Gasteiger partial charge in [0, 0.05) is 12.8 Å². The van der Waals surface area contributed by atoms with E-state index in [4.69, 9.17) is 16.3 Å². The number of hydrogen-bond donors (Lipinski definition) is 3. The summed E-state index contributed by atoms with van der Waals surface area (Å²) in [5, 5.41) is 16.7. The molecule has 0 aliphatic carbocycles. The zero-order valence-electron chi connectivity index (χ0n) is 14.3. The topological polar surface area (TPSA) is 100 Å². The van der Waals surface area contributed by atoms with Crippen LogP contribution < -0.4 is 15.5 Å². The van der Waals surface area contributed by atoms with E-state index in [0.717, 1.165) is 0 Å². The summed E-state index contributed by atoms with van der Waals surface area (Å²) < 4.78 is 5.65. The fraction of sp³-hybridized carbons (Fsp3) is 0.167. The number of carbonyl (C=O) groups is 2. The molecule has 0 saturated carbocycles. The van der Waals surface area contributed by atoms with Crippen molar-refractivity contribution in [2.24, 2.45) is 5.10 Å². The zero-order chi connectivity index (χ0) is 19.8. The summed E-state index contributed by atoms with van der Waals surface area (Å²) >= 11 is 7.92. The number of anilines is 1. The number of benzene rings is 2. The summed E-state index contributed by atoms with van der Waals surface area (Å²) in [6, 6.07) is 10.1. The number of amides is 2. The Balaban J connectivity index is 1.82. The molecule has 0 aliphatic rings. The second-order valence-electron chi connectivity index (χ2n) is 5.37.